The molecule has 1 N–H and O–H groups in total. The van der Waals surface area contributed by atoms with Gasteiger partial charge in [-0.05, 0) is 36.8 Å². The van der Waals surface area contributed by atoms with Crippen LogP contribution in [-0.2, 0) is 6.54 Å². The summed E-state index contributed by atoms with van der Waals surface area (Å²) in [6.45, 7) is 2.64. The molecule has 3 aromatic rings. The van der Waals surface area contributed by atoms with Crippen LogP contribution in [0.4, 0.5) is 5.69 Å². The van der Waals surface area contributed by atoms with E-state index in [1.807, 2.05) is 19.1 Å². The van der Waals surface area contributed by atoms with E-state index in [1.54, 1.807) is 36.4 Å². The molecule has 0 saturated heterocycles. The first-order chi connectivity index (χ1) is 12.6. The fourth-order valence-electron chi connectivity index (χ4n) is 3.13. The van der Waals surface area contributed by atoms with Crippen molar-refractivity contribution in [3.05, 3.63) is 75.6 Å². The van der Waals surface area contributed by atoms with Crippen molar-refractivity contribution < 1.29 is 14.0 Å². The average molecular weight is 348 g/mol. The first-order valence-corrected chi connectivity index (χ1v) is 8.34. The molecule has 0 bridgehead atoms. The molecule has 0 aliphatic carbocycles. The average Bonchev–Trinajstić information content (AvgIpc) is 2.88. The second kappa shape index (κ2) is 6.15. The highest BCUT2D eigenvalue weighted by atomic mass is 16.4. The number of anilines is 1. The number of nitrogens with zero attached hydrogens (tertiary/aromatic N) is 1. The smallest absolute Gasteiger partial charge is 0.359 e. The lowest BCUT2D eigenvalue weighted by Gasteiger charge is -2.14. The van der Waals surface area contributed by atoms with Crippen molar-refractivity contribution in [2.24, 2.45) is 0 Å². The summed E-state index contributed by atoms with van der Waals surface area (Å²) in [5.41, 5.74) is 1.93. The Bertz CT molecular complexity index is 1070. The zero-order chi connectivity index (χ0) is 18.3. The van der Waals surface area contributed by atoms with E-state index in [0.717, 1.165) is 5.39 Å². The third-order valence-electron chi connectivity index (χ3n) is 4.39. The van der Waals surface area contributed by atoms with Gasteiger partial charge >= 0.3 is 5.63 Å². The maximum Gasteiger partial charge on any atom is 0.359 e. The molecule has 2 heterocycles. The van der Waals surface area contributed by atoms with Gasteiger partial charge in [0.1, 0.15) is 11.3 Å². The van der Waals surface area contributed by atoms with Crippen molar-refractivity contribution in [3.8, 4) is 0 Å². The summed E-state index contributed by atoms with van der Waals surface area (Å²) in [5.74, 6) is -0.621. The van der Waals surface area contributed by atoms with Gasteiger partial charge < -0.3 is 9.73 Å². The summed E-state index contributed by atoms with van der Waals surface area (Å²) in [4.78, 5) is 38.1. The lowest BCUT2D eigenvalue weighted by molar-refractivity contribution is 0.0642. The van der Waals surface area contributed by atoms with E-state index in [0.29, 0.717) is 34.5 Å². The van der Waals surface area contributed by atoms with E-state index in [1.165, 1.54) is 4.90 Å². The summed E-state index contributed by atoms with van der Waals surface area (Å²) >= 11 is 0. The van der Waals surface area contributed by atoms with Gasteiger partial charge in [0.15, 0.2) is 0 Å². The third kappa shape index (κ3) is 2.56. The van der Waals surface area contributed by atoms with Crippen LogP contribution >= 0.6 is 0 Å². The van der Waals surface area contributed by atoms with Crippen LogP contribution in [0.15, 0.2) is 57.7 Å². The lowest BCUT2D eigenvalue weighted by Crippen LogP contribution is -2.29. The number of nitrogens with one attached hydrogen (secondary N) is 1. The SMILES string of the molecule is CCNc1cc2ccc(CN3C(=O)c4ccccc4C3=O)cc2oc1=O. The van der Waals surface area contributed by atoms with E-state index in [4.69, 9.17) is 4.42 Å². The number of amides is 2. The largest absolute Gasteiger partial charge is 0.421 e. The highest BCUT2D eigenvalue weighted by Gasteiger charge is 2.34. The van der Waals surface area contributed by atoms with Crippen molar-refractivity contribution in [1.29, 1.82) is 0 Å². The highest BCUT2D eigenvalue weighted by molar-refractivity contribution is 6.21. The molecule has 0 unspecified atom stereocenters. The van der Waals surface area contributed by atoms with Crippen molar-refractivity contribution in [1.82, 2.24) is 4.90 Å². The number of hydrogen-bond acceptors (Lipinski definition) is 5. The van der Waals surface area contributed by atoms with Crippen LogP contribution in [0, 0.1) is 0 Å². The fourth-order valence-corrected chi connectivity index (χ4v) is 3.13. The first-order valence-electron chi connectivity index (χ1n) is 8.34. The Morgan fingerprint density at radius 3 is 2.31 bits per heavy atom. The van der Waals surface area contributed by atoms with Gasteiger partial charge in [-0.15, -0.1) is 0 Å². The summed E-state index contributed by atoms with van der Waals surface area (Å²) in [6, 6.07) is 13.8. The summed E-state index contributed by atoms with van der Waals surface area (Å²) in [6.07, 6.45) is 0. The first kappa shape index (κ1) is 16.1. The normalized spacial score (nSPS) is 13.3. The molecule has 1 aliphatic heterocycles. The molecular formula is C20H16N2O4. The maximum atomic E-state index is 12.5. The van der Waals surface area contributed by atoms with Crippen LogP contribution in [0.1, 0.15) is 33.2 Å². The summed E-state index contributed by atoms with van der Waals surface area (Å²) in [7, 11) is 0. The molecule has 1 aromatic heterocycles. The van der Waals surface area contributed by atoms with E-state index >= 15 is 0 Å². The number of carbonyl (C=O) groups is 2. The van der Waals surface area contributed by atoms with Gasteiger partial charge in [-0.25, -0.2) is 4.79 Å². The molecule has 2 aromatic carbocycles. The maximum absolute atomic E-state index is 12.5. The summed E-state index contributed by atoms with van der Waals surface area (Å²) in [5, 5.41) is 3.73. The molecule has 0 saturated carbocycles. The van der Waals surface area contributed by atoms with Gasteiger partial charge in [-0.2, -0.15) is 0 Å². The lowest BCUT2D eigenvalue weighted by atomic mass is 10.1. The van der Waals surface area contributed by atoms with Gasteiger partial charge in [-0.3, -0.25) is 14.5 Å². The molecule has 0 radical (unpaired) electrons. The van der Waals surface area contributed by atoms with E-state index < -0.39 is 5.63 Å². The molecule has 0 fully saturated rings. The quantitative estimate of drug-likeness (QED) is 0.579. The second-order valence-corrected chi connectivity index (χ2v) is 6.09. The van der Waals surface area contributed by atoms with Gasteiger partial charge in [0.25, 0.3) is 11.8 Å². The minimum Gasteiger partial charge on any atom is -0.421 e. The molecule has 0 atom stereocenters. The van der Waals surface area contributed by atoms with Crippen LogP contribution in [0.5, 0.6) is 0 Å². The minimum atomic E-state index is -0.447. The molecule has 0 spiro atoms. The molecule has 1 aliphatic rings. The van der Waals surface area contributed by atoms with Crippen molar-refractivity contribution in [2.45, 2.75) is 13.5 Å². The van der Waals surface area contributed by atoms with E-state index in [2.05, 4.69) is 5.32 Å². The Balaban J connectivity index is 1.66. The van der Waals surface area contributed by atoms with Crippen LogP contribution in [0.3, 0.4) is 0 Å². The third-order valence-corrected chi connectivity index (χ3v) is 4.39. The molecule has 6 nitrogen and oxygen atoms in total. The van der Waals surface area contributed by atoms with Gasteiger partial charge in [0, 0.05) is 11.9 Å². The zero-order valence-corrected chi connectivity index (χ0v) is 14.1. The van der Waals surface area contributed by atoms with Crippen LogP contribution in [0.25, 0.3) is 11.0 Å². The molecular weight excluding hydrogens is 332 g/mol. The van der Waals surface area contributed by atoms with Crippen molar-refractivity contribution in [2.75, 3.05) is 11.9 Å². The van der Waals surface area contributed by atoms with Crippen LogP contribution in [0.2, 0.25) is 0 Å². The predicted molar refractivity (Wildman–Crippen MR) is 97.3 cm³/mol. The Morgan fingerprint density at radius 2 is 1.65 bits per heavy atom. The van der Waals surface area contributed by atoms with Crippen LogP contribution < -0.4 is 10.9 Å². The summed E-state index contributed by atoms with van der Waals surface area (Å²) < 4.78 is 5.36. The monoisotopic (exact) mass is 348 g/mol. The van der Waals surface area contributed by atoms with E-state index in [9.17, 15) is 14.4 Å². The number of fused-ring (bicyclic) bond motifs is 2. The molecule has 130 valence electrons. The Labute approximate surface area is 149 Å². The topological polar surface area (TPSA) is 79.6 Å². The number of imide groups is 1. The number of carbonyl (C=O) groups excluding carboxylic acids is 2. The molecule has 4 rings (SSSR count). The number of hydrogen-bond donors (Lipinski definition) is 1. The highest BCUT2D eigenvalue weighted by Crippen LogP contribution is 2.25. The van der Waals surface area contributed by atoms with Gasteiger partial charge in [0.2, 0.25) is 0 Å². The zero-order valence-electron chi connectivity index (χ0n) is 14.1. The molecule has 26 heavy (non-hydrogen) atoms. The van der Waals surface area contributed by atoms with Gasteiger partial charge in [-0.1, -0.05) is 24.3 Å². The van der Waals surface area contributed by atoms with Gasteiger partial charge in [0.05, 0.1) is 17.7 Å². The predicted octanol–water partition coefficient (Wildman–Crippen LogP) is 3.02. The Morgan fingerprint density at radius 1 is 0.962 bits per heavy atom. The van der Waals surface area contributed by atoms with Crippen molar-refractivity contribution >= 4 is 28.5 Å². The molecule has 2 amide bonds. The number of rotatable bonds is 4. The Kier molecular flexibility index (Phi) is 3.80. The van der Waals surface area contributed by atoms with E-state index in [-0.39, 0.29) is 18.4 Å². The Hall–Kier alpha value is -3.41. The minimum absolute atomic E-state index is 0.126. The number of benzene rings is 2. The molecule has 6 heteroatoms. The fraction of sp³-hybridized carbons (Fsp3) is 0.150. The second-order valence-electron chi connectivity index (χ2n) is 6.09. The van der Waals surface area contributed by atoms with Crippen molar-refractivity contribution in [3.63, 3.8) is 0 Å². The standard InChI is InChI=1S/C20H16N2O4/c1-2-21-16-10-13-8-7-12(9-17(13)26-20(16)25)11-22-18(23)14-5-3-4-6-15(14)19(22)24/h3-10,21H,2,11H2,1H3. The van der Waals surface area contributed by atoms with Crippen LogP contribution in [-0.4, -0.2) is 23.3 Å².